The first kappa shape index (κ1) is 12.2. The molecule has 3 rings (SSSR count). The molecule has 1 N–H and O–H groups in total. The first-order valence-electron chi connectivity index (χ1n) is 6.37. The van der Waals surface area contributed by atoms with Crippen LogP contribution in [0.3, 0.4) is 0 Å². The van der Waals surface area contributed by atoms with Gasteiger partial charge in [0.1, 0.15) is 11.6 Å². The van der Waals surface area contributed by atoms with Crippen molar-refractivity contribution in [1.82, 2.24) is 9.55 Å². The molecule has 0 bridgehead atoms. The fourth-order valence-corrected chi connectivity index (χ4v) is 2.42. The van der Waals surface area contributed by atoms with E-state index in [2.05, 4.69) is 9.55 Å². The van der Waals surface area contributed by atoms with Gasteiger partial charge in [0.25, 0.3) is 0 Å². The van der Waals surface area contributed by atoms with Gasteiger partial charge in [-0.05, 0) is 24.6 Å². The molecule has 0 spiro atoms. The largest absolute Gasteiger partial charge is 0.389 e. The van der Waals surface area contributed by atoms with Gasteiger partial charge in [-0.1, -0.05) is 6.07 Å². The van der Waals surface area contributed by atoms with Crippen LogP contribution < -0.4 is 4.90 Å². The lowest BCUT2D eigenvalue weighted by Crippen LogP contribution is -2.34. The Bertz CT molecular complexity index is 594. The van der Waals surface area contributed by atoms with Gasteiger partial charge in [0, 0.05) is 25.5 Å². The standard InChI is InChI=1S/C14H16FN3O/c1-10(19)11-2-3-13(12(15)8-11)18-7-6-17-5-4-16-14(17)9-18/h2-5,8,10,19H,6-7,9H2,1H3/t10-/m0/s1. The Kier molecular flexibility index (Phi) is 2.98. The molecule has 0 saturated carbocycles. The summed E-state index contributed by atoms with van der Waals surface area (Å²) >= 11 is 0. The van der Waals surface area contributed by atoms with Crippen LogP contribution in [-0.4, -0.2) is 21.2 Å². The summed E-state index contributed by atoms with van der Waals surface area (Å²) in [5.41, 5.74) is 1.17. The van der Waals surface area contributed by atoms with E-state index in [0.717, 1.165) is 18.9 Å². The van der Waals surface area contributed by atoms with Gasteiger partial charge in [-0.15, -0.1) is 0 Å². The Hall–Kier alpha value is -1.88. The zero-order chi connectivity index (χ0) is 13.4. The minimum atomic E-state index is -0.649. The molecule has 1 aromatic carbocycles. The quantitative estimate of drug-likeness (QED) is 0.900. The molecule has 1 aromatic heterocycles. The number of anilines is 1. The van der Waals surface area contributed by atoms with E-state index in [0.29, 0.717) is 17.8 Å². The maximum atomic E-state index is 14.1. The molecule has 100 valence electrons. The van der Waals surface area contributed by atoms with Crippen molar-refractivity contribution in [3.63, 3.8) is 0 Å². The summed E-state index contributed by atoms with van der Waals surface area (Å²) in [4.78, 5) is 6.24. The van der Waals surface area contributed by atoms with Crippen molar-refractivity contribution < 1.29 is 9.50 Å². The molecule has 1 aliphatic rings. The highest BCUT2D eigenvalue weighted by atomic mass is 19.1. The smallest absolute Gasteiger partial charge is 0.146 e. The summed E-state index contributed by atoms with van der Waals surface area (Å²) in [6.45, 7) is 3.81. The van der Waals surface area contributed by atoms with Crippen molar-refractivity contribution in [3.8, 4) is 0 Å². The van der Waals surface area contributed by atoms with Gasteiger partial charge in [0.05, 0.1) is 18.3 Å². The Morgan fingerprint density at radius 3 is 2.95 bits per heavy atom. The topological polar surface area (TPSA) is 41.3 Å². The van der Waals surface area contributed by atoms with Crippen molar-refractivity contribution in [3.05, 3.63) is 47.8 Å². The van der Waals surface area contributed by atoms with E-state index in [-0.39, 0.29) is 5.82 Å². The molecule has 5 heteroatoms. The van der Waals surface area contributed by atoms with Crippen LogP contribution in [0.1, 0.15) is 24.4 Å². The van der Waals surface area contributed by atoms with Gasteiger partial charge in [-0.25, -0.2) is 9.37 Å². The second-order valence-corrected chi connectivity index (χ2v) is 4.85. The van der Waals surface area contributed by atoms with Crippen LogP contribution in [0.25, 0.3) is 0 Å². The summed E-state index contributed by atoms with van der Waals surface area (Å²) in [5, 5.41) is 9.46. The lowest BCUT2D eigenvalue weighted by Gasteiger charge is -2.30. The number of imidazole rings is 1. The molecule has 19 heavy (non-hydrogen) atoms. The van der Waals surface area contributed by atoms with E-state index in [9.17, 15) is 9.50 Å². The minimum Gasteiger partial charge on any atom is -0.389 e. The summed E-state index contributed by atoms with van der Waals surface area (Å²) < 4.78 is 16.2. The molecule has 0 fully saturated rings. The lowest BCUT2D eigenvalue weighted by molar-refractivity contribution is 0.199. The lowest BCUT2D eigenvalue weighted by atomic mass is 10.1. The van der Waals surface area contributed by atoms with Gasteiger partial charge >= 0.3 is 0 Å². The Morgan fingerprint density at radius 1 is 1.37 bits per heavy atom. The fraction of sp³-hybridized carbons (Fsp3) is 0.357. The van der Waals surface area contributed by atoms with E-state index in [4.69, 9.17) is 0 Å². The molecule has 1 aliphatic heterocycles. The summed E-state index contributed by atoms with van der Waals surface area (Å²) in [6.07, 6.45) is 3.06. The third-order valence-electron chi connectivity index (χ3n) is 3.54. The third kappa shape index (κ3) is 2.21. The maximum Gasteiger partial charge on any atom is 0.146 e. The molecule has 2 aromatic rings. The maximum absolute atomic E-state index is 14.1. The fourth-order valence-electron chi connectivity index (χ4n) is 2.42. The molecule has 0 amide bonds. The number of fused-ring (bicyclic) bond motifs is 1. The molecule has 2 heterocycles. The number of hydrogen-bond acceptors (Lipinski definition) is 3. The van der Waals surface area contributed by atoms with E-state index >= 15 is 0 Å². The zero-order valence-corrected chi connectivity index (χ0v) is 10.8. The number of aromatic nitrogens is 2. The normalized spacial score (nSPS) is 16.3. The van der Waals surface area contributed by atoms with E-state index in [1.165, 1.54) is 6.07 Å². The second-order valence-electron chi connectivity index (χ2n) is 4.85. The molecule has 0 aliphatic carbocycles. The highest BCUT2D eigenvalue weighted by Gasteiger charge is 2.19. The van der Waals surface area contributed by atoms with Crippen molar-refractivity contribution in [2.45, 2.75) is 26.1 Å². The van der Waals surface area contributed by atoms with Gasteiger partial charge in [-0.2, -0.15) is 0 Å². The molecule has 0 unspecified atom stereocenters. The van der Waals surface area contributed by atoms with E-state index in [1.54, 1.807) is 25.3 Å². The van der Waals surface area contributed by atoms with Crippen molar-refractivity contribution >= 4 is 5.69 Å². The predicted molar refractivity (Wildman–Crippen MR) is 70.3 cm³/mol. The van der Waals surface area contributed by atoms with Crippen LogP contribution in [0.15, 0.2) is 30.6 Å². The number of aliphatic hydroxyl groups excluding tert-OH is 1. The van der Waals surface area contributed by atoms with Crippen molar-refractivity contribution in [1.29, 1.82) is 0 Å². The van der Waals surface area contributed by atoms with Gasteiger partial charge in [0.2, 0.25) is 0 Å². The van der Waals surface area contributed by atoms with Crippen LogP contribution >= 0.6 is 0 Å². The Morgan fingerprint density at radius 2 is 2.21 bits per heavy atom. The van der Waals surface area contributed by atoms with Gasteiger partial charge in [-0.3, -0.25) is 0 Å². The van der Waals surface area contributed by atoms with E-state index in [1.807, 2.05) is 11.1 Å². The number of benzene rings is 1. The molecular weight excluding hydrogens is 245 g/mol. The summed E-state index contributed by atoms with van der Waals surface area (Å²) in [7, 11) is 0. The summed E-state index contributed by atoms with van der Waals surface area (Å²) in [5.74, 6) is 0.656. The predicted octanol–water partition coefficient (Wildman–Crippen LogP) is 2.10. The number of hydrogen-bond donors (Lipinski definition) is 1. The highest BCUT2D eigenvalue weighted by Crippen LogP contribution is 2.26. The van der Waals surface area contributed by atoms with Crippen LogP contribution in [0.5, 0.6) is 0 Å². The SMILES string of the molecule is C[C@H](O)c1ccc(N2CCn3ccnc3C2)c(F)c1. The van der Waals surface area contributed by atoms with Gasteiger partial charge < -0.3 is 14.6 Å². The molecule has 4 nitrogen and oxygen atoms in total. The number of halogens is 1. The zero-order valence-electron chi connectivity index (χ0n) is 10.8. The number of rotatable bonds is 2. The number of nitrogens with zero attached hydrogens (tertiary/aromatic N) is 3. The van der Waals surface area contributed by atoms with Crippen molar-refractivity contribution in [2.24, 2.45) is 0 Å². The monoisotopic (exact) mass is 261 g/mol. The highest BCUT2D eigenvalue weighted by molar-refractivity contribution is 5.50. The van der Waals surface area contributed by atoms with Crippen LogP contribution in [-0.2, 0) is 13.1 Å². The van der Waals surface area contributed by atoms with Crippen LogP contribution in [0.2, 0.25) is 0 Å². The third-order valence-corrected chi connectivity index (χ3v) is 3.54. The molecular formula is C14H16FN3O. The van der Waals surface area contributed by atoms with E-state index < -0.39 is 6.10 Å². The average Bonchev–Trinajstić information content (AvgIpc) is 2.85. The van der Waals surface area contributed by atoms with Gasteiger partial charge in [0.15, 0.2) is 0 Å². The molecule has 1 atom stereocenters. The minimum absolute atomic E-state index is 0.293. The number of aliphatic hydroxyl groups is 1. The average molecular weight is 261 g/mol. The molecule has 0 saturated heterocycles. The van der Waals surface area contributed by atoms with Crippen LogP contribution in [0.4, 0.5) is 10.1 Å². The van der Waals surface area contributed by atoms with Crippen LogP contribution in [0, 0.1) is 5.82 Å². The Balaban J connectivity index is 1.88. The summed E-state index contributed by atoms with van der Waals surface area (Å²) in [6, 6.07) is 4.90. The Labute approximate surface area is 111 Å². The molecule has 0 radical (unpaired) electrons. The second kappa shape index (κ2) is 4.66. The first-order chi connectivity index (χ1) is 9.15. The first-order valence-corrected chi connectivity index (χ1v) is 6.37. The van der Waals surface area contributed by atoms with Crippen molar-refractivity contribution in [2.75, 3.05) is 11.4 Å².